The molecule has 0 atom stereocenters. The molecule has 3 aromatic rings. The van der Waals surface area contributed by atoms with Crippen molar-refractivity contribution in [3.8, 4) is 10.6 Å². The molecule has 1 amide bonds. The van der Waals surface area contributed by atoms with Crippen LogP contribution in [0.2, 0.25) is 0 Å². The summed E-state index contributed by atoms with van der Waals surface area (Å²) in [4.78, 5) is 16.5. The first-order valence-electron chi connectivity index (χ1n) is 6.72. The summed E-state index contributed by atoms with van der Waals surface area (Å²) in [6.45, 7) is 2.01. The average Bonchev–Trinajstić information content (AvgIpc) is 3.00. The van der Waals surface area contributed by atoms with Crippen LogP contribution >= 0.6 is 11.3 Å². The number of halogens is 1. The molecule has 2 aromatic carbocycles. The molecule has 22 heavy (non-hydrogen) atoms. The van der Waals surface area contributed by atoms with Crippen LogP contribution in [-0.4, -0.2) is 10.9 Å². The molecule has 110 valence electrons. The van der Waals surface area contributed by atoms with Crippen LogP contribution in [0, 0.1) is 12.7 Å². The Morgan fingerprint density at radius 2 is 1.86 bits per heavy atom. The molecule has 1 N–H and O–H groups in total. The number of anilines is 1. The highest BCUT2D eigenvalue weighted by Crippen LogP contribution is 2.24. The molecule has 0 aliphatic rings. The molecule has 0 radical (unpaired) electrons. The van der Waals surface area contributed by atoms with Gasteiger partial charge >= 0.3 is 0 Å². The molecule has 0 saturated carbocycles. The SMILES string of the molecule is Cc1ccc(-c2nc(C(=O)Nc3ccccc3F)cs2)cc1. The van der Waals surface area contributed by atoms with Crippen LogP contribution in [0.1, 0.15) is 16.1 Å². The molecule has 0 saturated heterocycles. The molecule has 1 heterocycles. The third-order valence-corrected chi connectivity index (χ3v) is 4.05. The Balaban J connectivity index is 1.80. The number of nitrogens with one attached hydrogen (secondary N) is 1. The Labute approximate surface area is 131 Å². The Bertz CT molecular complexity index is 812. The summed E-state index contributed by atoms with van der Waals surface area (Å²) in [6.07, 6.45) is 0. The van der Waals surface area contributed by atoms with Gasteiger partial charge in [0.25, 0.3) is 5.91 Å². The molecule has 1 aromatic heterocycles. The average molecular weight is 312 g/mol. The number of aryl methyl sites for hydroxylation is 1. The van der Waals surface area contributed by atoms with E-state index in [1.165, 1.54) is 23.5 Å². The number of para-hydroxylation sites is 1. The van der Waals surface area contributed by atoms with Gasteiger partial charge in [0.05, 0.1) is 5.69 Å². The minimum Gasteiger partial charge on any atom is -0.318 e. The summed E-state index contributed by atoms with van der Waals surface area (Å²) < 4.78 is 13.5. The first kappa shape index (κ1) is 14.4. The zero-order valence-corrected chi connectivity index (χ0v) is 12.7. The molecular formula is C17H13FN2OS. The molecule has 0 spiro atoms. The van der Waals surface area contributed by atoms with Gasteiger partial charge in [-0.3, -0.25) is 4.79 Å². The summed E-state index contributed by atoms with van der Waals surface area (Å²) in [6, 6.07) is 14.0. The van der Waals surface area contributed by atoms with E-state index in [1.807, 2.05) is 31.2 Å². The Morgan fingerprint density at radius 3 is 2.59 bits per heavy atom. The van der Waals surface area contributed by atoms with Gasteiger partial charge in [-0.15, -0.1) is 11.3 Å². The zero-order chi connectivity index (χ0) is 15.5. The third kappa shape index (κ3) is 3.04. The van der Waals surface area contributed by atoms with Gasteiger partial charge in [-0.25, -0.2) is 9.37 Å². The number of carbonyl (C=O) groups is 1. The van der Waals surface area contributed by atoms with E-state index in [0.717, 1.165) is 16.1 Å². The Morgan fingerprint density at radius 1 is 1.14 bits per heavy atom. The molecular weight excluding hydrogens is 299 g/mol. The van der Waals surface area contributed by atoms with Crippen LogP contribution in [-0.2, 0) is 0 Å². The van der Waals surface area contributed by atoms with Crippen LogP contribution in [0.15, 0.2) is 53.9 Å². The highest BCUT2D eigenvalue weighted by atomic mass is 32.1. The Hall–Kier alpha value is -2.53. The minimum atomic E-state index is -0.468. The van der Waals surface area contributed by atoms with Crippen molar-refractivity contribution in [1.82, 2.24) is 4.98 Å². The van der Waals surface area contributed by atoms with Crippen molar-refractivity contribution in [2.24, 2.45) is 0 Å². The fraction of sp³-hybridized carbons (Fsp3) is 0.0588. The number of aromatic nitrogens is 1. The van der Waals surface area contributed by atoms with E-state index in [-0.39, 0.29) is 11.4 Å². The number of carbonyl (C=O) groups excluding carboxylic acids is 1. The molecule has 0 aliphatic carbocycles. The molecule has 0 bridgehead atoms. The number of rotatable bonds is 3. The van der Waals surface area contributed by atoms with Crippen LogP contribution < -0.4 is 5.32 Å². The monoisotopic (exact) mass is 312 g/mol. The number of hydrogen-bond acceptors (Lipinski definition) is 3. The summed E-state index contributed by atoms with van der Waals surface area (Å²) in [5, 5.41) is 4.97. The van der Waals surface area contributed by atoms with E-state index in [0.29, 0.717) is 0 Å². The van der Waals surface area contributed by atoms with E-state index < -0.39 is 11.7 Å². The van der Waals surface area contributed by atoms with Crippen LogP contribution in [0.25, 0.3) is 10.6 Å². The lowest BCUT2D eigenvalue weighted by atomic mass is 10.2. The second kappa shape index (κ2) is 6.07. The maximum absolute atomic E-state index is 13.5. The van der Waals surface area contributed by atoms with Gasteiger partial charge in [-0.1, -0.05) is 42.0 Å². The van der Waals surface area contributed by atoms with Gasteiger partial charge in [-0.05, 0) is 19.1 Å². The zero-order valence-electron chi connectivity index (χ0n) is 11.8. The molecule has 3 nitrogen and oxygen atoms in total. The molecule has 0 aliphatic heterocycles. The van der Waals surface area contributed by atoms with Gasteiger partial charge in [0, 0.05) is 10.9 Å². The van der Waals surface area contributed by atoms with E-state index in [4.69, 9.17) is 0 Å². The van der Waals surface area contributed by atoms with Crippen molar-refractivity contribution < 1.29 is 9.18 Å². The van der Waals surface area contributed by atoms with Crippen molar-refractivity contribution >= 4 is 22.9 Å². The summed E-state index contributed by atoms with van der Waals surface area (Å²) in [7, 11) is 0. The highest BCUT2D eigenvalue weighted by molar-refractivity contribution is 7.13. The lowest BCUT2D eigenvalue weighted by Crippen LogP contribution is -2.13. The van der Waals surface area contributed by atoms with Gasteiger partial charge in [0.2, 0.25) is 0 Å². The lowest BCUT2D eigenvalue weighted by molar-refractivity contribution is 0.102. The van der Waals surface area contributed by atoms with E-state index in [9.17, 15) is 9.18 Å². The molecule has 0 fully saturated rings. The largest absolute Gasteiger partial charge is 0.318 e. The first-order chi connectivity index (χ1) is 10.6. The highest BCUT2D eigenvalue weighted by Gasteiger charge is 2.13. The van der Waals surface area contributed by atoms with Crippen molar-refractivity contribution in [2.75, 3.05) is 5.32 Å². The Kier molecular flexibility index (Phi) is 3.98. The third-order valence-electron chi connectivity index (χ3n) is 3.16. The quantitative estimate of drug-likeness (QED) is 0.773. The number of nitrogens with zero attached hydrogens (tertiary/aromatic N) is 1. The predicted octanol–water partition coefficient (Wildman–Crippen LogP) is 4.51. The number of amides is 1. The van der Waals surface area contributed by atoms with Crippen LogP contribution in [0.4, 0.5) is 10.1 Å². The second-order valence-electron chi connectivity index (χ2n) is 4.84. The number of thiazole rings is 1. The van der Waals surface area contributed by atoms with E-state index in [1.54, 1.807) is 17.5 Å². The molecule has 0 unspecified atom stereocenters. The fourth-order valence-electron chi connectivity index (χ4n) is 1.96. The van der Waals surface area contributed by atoms with Crippen molar-refractivity contribution in [2.45, 2.75) is 6.92 Å². The standard InChI is InChI=1S/C17H13FN2OS/c1-11-6-8-12(9-7-11)17-20-15(10-22-17)16(21)19-14-5-3-2-4-13(14)18/h2-10H,1H3,(H,19,21). The van der Waals surface area contributed by atoms with Crippen molar-refractivity contribution in [3.05, 3.63) is 71.0 Å². The summed E-state index contributed by atoms with van der Waals surface area (Å²) in [5.74, 6) is -0.885. The number of benzene rings is 2. The van der Waals surface area contributed by atoms with Crippen LogP contribution in [0.3, 0.4) is 0 Å². The van der Waals surface area contributed by atoms with E-state index in [2.05, 4.69) is 10.3 Å². The van der Waals surface area contributed by atoms with Gasteiger partial charge < -0.3 is 5.32 Å². The summed E-state index contributed by atoms with van der Waals surface area (Å²) >= 11 is 1.39. The smallest absolute Gasteiger partial charge is 0.275 e. The topological polar surface area (TPSA) is 42.0 Å². The van der Waals surface area contributed by atoms with Gasteiger partial charge in [0.1, 0.15) is 16.5 Å². The van der Waals surface area contributed by atoms with Gasteiger partial charge in [-0.2, -0.15) is 0 Å². The number of hydrogen-bond donors (Lipinski definition) is 1. The maximum atomic E-state index is 13.5. The normalized spacial score (nSPS) is 10.5. The molecule has 5 heteroatoms. The summed E-state index contributed by atoms with van der Waals surface area (Å²) in [5.41, 5.74) is 2.56. The lowest BCUT2D eigenvalue weighted by Gasteiger charge is -2.03. The van der Waals surface area contributed by atoms with Crippen molar-refractivity contribution in [1.29, 1.82) is 0 Å². The second-order valence-corrected chi connectivity index (χ2v) is 5.70. The predicted molar refractivity (Wildman–Crippen MR) is 86.6 cm³/mol. The fourth-order valence-corrected chi connectivity index (χ4v) is 2.76. The molecule has 3 rings (SSSR count). The van der Waals surface area contributed by atoms with Crippen molar-refractivity contribution in [3.63, 3.8) is 0 Å². The minimum absolute atomic E-state index is 0.150. The van der Waals surface area contributed by atoms with Gasteiger partial charge in [0.15, 0.2) is 0 Å². The maximum Gasteiger partial charge on any atom is 0.275 e. The first-order valence-corrected chi connectivity index (χ1v) is 7.60. The van der Waals surface area contributed by atoms with E-state index >= 15 is 0 Å². The van der Waals surface area contributed by atoms with Crippen LogP contribution in [0.5, 0.6) is 0 Å².